The van der Waals surface area contributed by atoms with E-state index in [0.29, 0.717) is 22.4 Å². The van der Waals surface area contributed by atoms with E-state index in [1.807, 2.05) is 0 Å². The summed E-state index contributed by atoms with van der Waals surface area (Å²) in [6.07, 6.45) is 2.42. The molecule has 0 aliphatic carbocycles. The zero-order valence-electron chi connectivity index (χ0n) is 15.8. The summed E-state index contributed by atoms with van der Waals surface area (Å²) >= 11 is 1.40. The maximum absolute atomic E-state index is 13.8. The van der Waals surface area contributed by atoms with Crippen LogP contribution in [0.5, 0.6) is 0 Å². The van der Waals surface area contributed by atoms with E-state index in [1.165, 1.54) is 42.2 Å². The molecule has 1 aliphatic rings. The van der Waals surface area contributed by atoms with Gasteiger partial charge in [-0.25, -0.2) is 13.6 Å². The number of pyridine rings is 1. The molecule has 1 saturated heterocycles. The van der Waals surface area contributed by atoms with Crippen LogP contribution in [0.25, 0.3) is 11.1 Å². The van der Waals surface area contributed by atoms with Crippen molar-refractivity contribution < 1.29 is 23.5 Å². The molecule has 2 heterocycles. The number of amides is 1. The first kappa shape index (κ1) is 20.0. The number of rotatable bonds is 4. The number of anilines is 1. The summed E-state index contributed by atoms with van der Waals surface area (Å²) in [5.41, 5.74) is 2.39. The molecule has 1 unspecified atom stereocenters. The van der Waals surface area contributed by atoms with Gasteiger partial charge in [-0.3, -0.25) is 14.7 Å². The van der Waals surface area contributed by atoms with Crippen LogP contribution in [-0.4, -0.2) is 27.7 Å². The third-order valence-electron chi connectivity index (χ3n) is 4.94. The van der Waals surface area contributed by atoms with Crippen molar-refractivity contribution in [2.45, 2.75) is 12.3 Å². The van der Waals surface area contributed by atoms with E-state index in [-0.39, 0.29) is 28.4 Å². The summed E-state index contributed by atoms with van der Waals surface area (Å²) in [7, 11) is 0. The Kier molecular flexibility index (Phi) is 5.26. The van der Waals surface area contributed by atoms with Crippen molar-refractivity contribution in [2.75, 3.05) is 10.7 Å². The number of nitrogens with zero attached hydrogens (tertiary/aromatic N) is 2. The summed E-state index contributed by atoms with van der Waals surface area (Å²) < 4.78 is 27.1. The lowest BCUT2D eigenvalue weighted by Gasteiger charge is -2.27. The minimum absolute atomic E-state index is 0.0127. The quantitative estimate of drug-likeness (QED) is 0.648. The molecule has 1 atom stereocenters. The van der Waals surface area contributed by atoms with Crippen LogP contribution in [-0.2, 0) is 4.79 Å². The van der Waals surface area contributed by atoms with Crippen molar-refractivity contribution in [1.82, 2.24) is 4.98 Å². The Labute approximate surface area is 175 Å². The highest BCUT2D eigenvalue weighted by atomic mass is 32.2. The van der Waals surface area contributed by atoms with Crippen molar-refractivity contribution in [3.05, 3.63) is 83.2 Å². The average Bonchev–Trinajstić information content (AvgIpc) is 3.09. The van der Waals surface area contributed by atoms with E-state index in [2.05, 4.69) is 4.98 Å². The Bertz CT molecular complexity index is 1150. The normalized spacial score (nSPS) is 16.2. The monoisotopic (exact) mass is 426 g/mol. The Hall–Kier alpha value is -3.26. The summed E-state index contributed by atoms with van der Waals surface area (Å²) in [6, 6.07) is 10.1. The molecule has 152 valence electrons. The number of carbonyl (C=O) groups excluding carboxylic acids is 1. The molecule has 0 spiro atoms. The fourth-order valence-electron chi connectivity index (χ4n) is 3.62. The fraction of sp³-hybridized carbons (Fsp3) is 0.136. The van der Waals surface area contributed by atoms with Crippen LogP contribution in [0.4, 0.5) is 14.5 Å². The van der Waals surface area contributed by atoms with Crippen LogP contribution in [0.3, 0.4) is 0 Å². The second kappa shape index (κ2) is 7.87. The Morgan fingerprint density at radius 2 is 1.87 bits per heavy atom. The zero-order chi connectivity index (χ0) is 21.4. The molecule has 0 bridgehead atoms. The van der Waals surface area contributed by atoms with Gasteiger partial charge < -0.3 is 5.11 Å². The average molecular weight is 426 g/mol. The lowest BCUT2D eigenvalue weighted by molar-refractivity contribution is -0.115. The fourth-order valence-corrected chi connectivity index (χ4v) is 4.79. The SMILES string of the molecule is Cc1c(N2C(=O)CSC2c2ccc(F)cc2)ccc(C(=O)O)c1-c1cncc(F)c1. The van der Waals surface area contributed by atoms with Crippen LogP contribution in [0.2, 0.25) is 0 Å². The van der Waals surface area contributed by atoms with Crippen molar-refractivity contribution in [3.63, 3.8) is 0 Å². The minimum Gasteiger partial charge on any atom is -0.478 e. The molecular weight excluding hydrogens is 410 g/mol. The summed E-state index contributed by atoms with van der Waals surface area (Å²) in [5, 5.41) is 9.27. The molecule has 1 aliphatic heterocycles. The van der Waals surface area contributed by atoms with Crippen molar-refractivity contribution in [2.24, 2.45) is 0 Å². The van der Waals surface area contributed by atoms with Crippen LogP contribution in [0.1, 0.15) is 26.9 Å². The van der Waals surface area contributed by atoms with Crippen molar-refractivity contribution in [3.8, 4) is 11.1 Å². The standard InChI is InChI=1S/C22H16F2N2O3S/c1-12-18(26-19(27)11-30-21(26)13-2-4-15(23)5-3-13)7-6-17(22(28)29)20(12)14-8-16(24)10-25-9-14/h2-10,21H,11H2,1H3,(H,28,29). The van der Waals surface area contributed by atoms with Gasteiger partial charge in [-0.2, -0.15) is 0 Å². The largest absolute Gasteiger partial charge is 0.478 e. The predicted octanol–water partition coefficient (Wildman–Crippen LogP) is 4.81. The van der Waals surface area contributed by atoms with Crippen LogP contribution in [0.15, 0.2) is 54.9 Å². The van der Waals surface area contributed by atoms with Crippen LogP contribution in [0, 0.1) is 18.6 Å². The van der Waals surface area contributed by atoms with Gasteiger partial charge >= 0.3 is 5.97 Å². The Morgan fingerprint density at radius 3 is 2.53 bits per heavy atom. The first-order valence-corrected chi connectivity index (χ1v) is 10.1. The highest BCUT2D eigenvalue weighted by Crippen LogP contribution is 2.45. The number of hydrogen-bond donors (Lipinski definition) is 1. The van der Waals surface area contributed by atoms with Gasteiger partial charge in [0.15, 0.2) is 0 Å². The van der Waals surface area contributed by atoms with Gasteiger partial charge in [0, 0.05) is 23.0 Å². The molecule has 30 heavy (non-hydrogen) atoms. The Balaban J connectivity index is 1.88. The third kappa shape index (κ3) is 3.54. The molecular formula is C22H16F2N2O3S. The van der Waals surface area contributed by atoms with Crippen LogP contribution >= 0.6 is 11.8 Å². The van der Waals surface area contributed by atoms with E-state index in [9.17, 15) is 23.5 Å². The van der Waals surface area contributed by atoms with Crippen molar-refractivity contribution >= 4 is 29.3 Å². The molecule has 0 radical (unpaired) electrons. The number of aromatic carboxylic acids is 1. The van der Waals surface area contributed by atoms with Crippen molar-refractivity contribution in [1.29, 1.82) is 0 Å². The van der Waals surface area contributed by atoms with Gasteiger partial charge in [-0.15, -0.1) is 11.8 Å². The number of hydrogen-bond acceptors (Lipinski definition) is 4. The first-order chi connectivity index (χ1) is 14.4. The molecule has 1 amide bonds. The number of aromatic nitrogens is 1. The van der Waals surface area contributed by atoms with Gasteiger partial charge in [0.05, 0.1) is 17.5 Å². The molecule has 3 aromatic rings. The van der Waals surface area contributed by atoms with E-state index in [0.717, 1.165) is 11.8 Å². The summed E-state index contributed by atoms with van der Waals surface area (Å²) in [4.78, 5) is 30.0. The number of halogens is 2. The molecule has 1 fully saturated rings. The smallest absolute Gasteiger partial charge is 0.336 e. The van der Waals surface area contributed by atoms with Gasteiger partial charge in [-0.1, -0.05) is 12.1 Å². The minimum atomic E-state index is -1.17. The lowest BCUT2D eigenvalue weighted by Crippen LogP contribution is -2.29. The highest BCUT2D eigenvalue weighted by Gasteiger charge is 2.35. The molecule has 2 aromatic carbocycles. The van der Waals surface area contributed by atoms with Gasteiger partial charge in [0.2, 0.25) is 5.91 Å². The number of benzene rings is 2. The zero-order valence-corrected chi connectivity index (χ0v) is 16.6. The van der Waals surface area contributed by atoms with E-state index in [4.69, 9.17) is 0 Å². The third-order valence-corrected chi connectivity index (χ3v) is 6.16. The number of thioether (sulfide) groups is 1. The maximum Gasteiger partial charge on any atom is 0.336 e. The summed E-state index contributed by atoms with van der Waals surface area (Å²) in [5.74, 6) is -2.04. The lowest BCUT2D eigenvalue weighted by atomic mass is 9.94. The van der Waals surface area contributed by atoms with E-state index < -0.39 is 11.8 Å². The molecule has 1 N–H and O–H groups in total. The number of carbonyl (C=O) groups is 2. The second-order valence-electron chi connectivity index (χ2n) is 6.81. The van der Waals surface area contributed by atoms with E-state index >= 15 is 0 Å². The van der Waals surface area contributed by atoms with Gasteiger partial charge in [-0.05, 0) is 48.4 Å². The van der Waals surface area contributed by atoms with E-state index in [1.54, 1.807) is 30.0 Å². The van der Waals surface area contributed by atoms with Gasteiger partial charge in [0.25, 0.3) is 0 Å². The molecule has 5 nitrogen and oxygen atoms in total. The molecule has 4 rings (SSSR count). The summed E-state index contributed by atoms with van der Waals surface area (Å²) in [6.45, 7) is 1.69. The van der Waals surface area contributed by atoms with Gasteiger partial charge in [0.1, 0.15) is 17.0 Å². The number of carboxylic acids is 1. The first-order valence-electron chi connectivity index (χ1n) is 9.03. The number of carboxylic acid groups (broad SMARTS) is 1. The maximum atomic E-state index is 13.8. The molecule has 1 aromatic heterocycles. The highest BCUT2D eigenvalue weighted by molar-refractivity contribution is 8.00. The Morgan fingerprint density at radius 1 is 1.13 bits per heavy atom. The predicted molar refractivity (Wildman–Crippen MR) is 110 cm³/mol. The van der Waals surface area contributed by atoms with Crippen LogP contribution < -0.4 is 4.90 Å². The second-order valence-corrected chi connectivity index (χ2v) is 7.88. The topological polar surface area (TPSA) is 70.5 Å². The molecule has 8 heteroatoms. The molecule has 0 saturated carbocycles.